The van der Waals surface area contributed by atoms with Gasteiger partial charge in [-0.3, -0.25) is 9.97 Å². The average Bonchev–Trinajstić information content (AvgIpc) is 2.92. The summed E-state index contributed by atoms with van der Waals surface area (Å²) in [6.45, 7) is 0. The molecule has 0 aliphatic carbocycles. The van der Waals surface area contributed by atoms with Crippen molar-refractivity contribution >= 4 is 43.4 Å². The Morgan fingerprint density at radius 3 is 2.18 bits per heavy atom. The number of nitrogens with zero attached hydrogens (tertiary/aromatic N) is 3. The number of hydrogen-bond donors (Lipinski definition) is 0. The summed E-state index contributed by atoms with van der Waals surface area (Å²) >= 11 is 0. The second-order valence-corrected chi connectivity index (χ2v) is 8.53. The van der Waals surface area contributed by atoms with Crippen molar-refractivity contribution < 1.29 is 0 Å². The maximum atomic E-state index is 5.16. The van der Waals surface area contributed by atoms with E-state index in [1.165, 1.54) is 5.39 Å². The van der Waals surface area contributed by atoms with Gasteiger partial charge in [-0.2, -0.15) is 0 Å². The van der Waals surface area contributed by atoms with Gasteiger partial charge in [-0.1, -0.05) is 78.9 Å². The Labute approximate surface area is 196 Å². The highest BCUT2D eigenvalue weighted by molar-refractivity contribution is 6.17. The Morgan fingerprint density at radius 2 is 1.24 bits per heavy atom. The lowest BCUT2D eigenvalue weighted by molar-refractivity contribution is 1.35. The lowest BCUT2D eigenvalue weighted by Gasteiger charge is -2.10. The van der Waals surface area contributed by atoms with Crippen LogP contribution < -0.4 is 0 Å². The van der Waals surface area contributed by atoms with E-state index in [0.717, 1.165) is 60.5 Å². The molecule has 3 heteroatoms. The Morgan fingerprint density at radius 1 is 0.471 bits per heavy atom. The zero-order valence-corrected chi connectivity index (χ0v) is 18.3. The fourth-order valence-electron chi connectivity index (χ4n) is 4.87. The van der Waals surface area contributed by atoms with Crippen molar-refractivity contribution in [1.29, 1.82) is 0 Å². The molecule has 3 nitrogen and oxygen atoms in total. The SMILES string of the molecule is c1cc(-c2ccc3ccc4ccc5cccnc5c4c3n2)cc(-c2nccc3ccccc23)c1. The van der Waals surface area contributed by atoms with E-state index in [0.29, 0.717) is 0 Å². The van der Waals surface area contributed by atoms with Gasteiger partial charge in [0.15, 0.2) is 0 Å². The van der Waals surface area contributed by atoms with Crippen molar-refractivity contribution in [3.05, 3.63) is 116 Å². The van der Waals surface area contributed by atoms with Crippen LogP contribution in [0.15, 0.2) is 116 Å². The number of benzene rings is 4. The summed E-state index contributed by atoms with van der Waals surface area (Å²) < 4.78 is 0. The van der Waals surface area contributed by atoms with Gasteiger partial charge in [0.05, 0.1) is 22.4 Å². The molecule has 0 saturated heterocycles. The predicted molar refractivity (Wildman–Crippen MR) is 141 cm³/mol. The van der Waals surface area contributed by atoms with E-state index >= 15 is 0 Å². The fourth-order valence-corrected chi connectivity index (χ4v) is 4.87. The molecule has 4 aromatic carbocycles. The molecule has 0 aliphatic heterocycles. The minimum atomic E-state index is 0.940. The largest absolute Gasteiger partial charge is 0.256 e. The molecule has 0 radical (unpaired) electrons. The molecule has 0 amide bonds. The van der Waals surface area contributed by atoms with Crippen molar-refractivity contribution in [3.8, 4) is 22.5 Å². The first-order valence-corrected chi connectivity index (χ1v) is 11.4. The average molecular weight is 434 g/mol. The number of hydrogen-bond acceptors (Lipinski definition) is 3. The van der Waals surface area contributed by atoms with Gasteiger partial charge < -0.3 is 0 Å². The quantitative estimate of drug-likeness (QED) is 0.261. The monoisotopic (exact) mass is 433 g/mol. The molecule has 0 bridgehead atoms. The van der Waals surface area contributed by atoms with E-state index in [1.807, 2.05) is 18.5 Å². The topological polar surface area (TPSA) is 38.7 Å². The van der Waals surface area contributed by atoms with Crippen LogP contribution in [0.5, 0.6) is 0 Å². The Hall–Kier alpha value is -4.63. The van der Waals surface area contributed by atoms with E-state index in [-0.39, 0.29) is 0 Å². The highest BCUT2D eigenvalue weighted by Gasteiger charge is 2.11. The molecule has 158 valence electrons. The predicted octanol–water partition coefficient (Wildman–Crippen LogP) is 7.82. The highest BCUT2D eigenvalue weighted by Crippen LogP contribution is 2.33. The molecule has 0 saturated carbocycles. The number of aromatic nitrogens is 3. The smallest absolute Gasteiger partial charge is 0.0809 e. The molecular weight excluding hydrogens is 414 g/mol. The van der Waals surface area contributed by atoms with Crippen molar-refractivity contribution in [2.24, 2.45) is 0 Å². The van der Waals surface area contributed by atoms with Gasteiger partial charge >= 0.3 is 0 Å². The summed E-state index contributed by atoms with van der Waals surface area (Å²) in [6.07, 6.45) is 3.73. The minimum absolute atomic E-state index is 0.940. The number of pyridine rings is 3. The molecular formula is C31H19N3. The third-order valence-corrected chi connectivity index (χ3v) is 6.52. The first-order valence-electron chi connectivity index (χ1n) is 11.4. The van der Waals surface area contributed by atoms with Crippen LogP contribution in [0.1, 0.15) is 0 Å². The van der Waals surface area contributed by atoms with E-state index < -0.39 is 0 Å². The van der Waals surface area contributed by atoms with Crippen LogP contribution in [0.4, 0.5) is 0 Å². The first-order chi connectivity index (χ1) is 16.8. The molecule has 3 heterocycles. The van der Waals surface area contributed by atoms with Crippen molar-refractivity contribution in [2.45, 2.75) is 0 Å². The molecule has 7 aromatic rings. The second-order valence-electron chi connectivity index (χ2n) is 8.53. The number of fused-ring (bicyclic) bond motifs is 6. The van der Waals surface area contributed by atoms with Gasteiger partial charge in [-0.25, -0.2) is 4.98 Å². The van der Waals surface area contributed by atoms with Crippen LogP contribution in [0, 0.1) is 0 Å². The Balaban J connectivity index is 1.45. The Kier molecular flexibility index (Phi) is 4.15. The lowest BCUT2D eigenvalue weighted by Crippen LogP contribution is -1.90. The second kappa shape index (κ2) is 7.46. The third kappa shape index (κ3) is 2.95. The van der Waals surface area contributed by atoms with Gasteiger partial charge in [0.2, 0.25) is 0 Å². The summed E-state index contributed by atoms with van der Waals surface area (Å²) in [4.78, 5) is 14.6. The molecule has 0 unspecified atom stereocenters. The molecule has 3 aromatic heterocycles. The molecule has 0 spiro atoms. The third-order valence-electron chi connectivity index (χ3n) is 6.52. The van der Waals surface area contributed by atoms with Gasteiger partial charge in [-0.15, -0.1) is 0 Å². The summed E-state index contributed by atoms with van der Waals surface area (Å²) in [6, 6.07) is 35.8. The molecule has 0 atom stereocenters. The summed E-state index contributed by atoms with van der Waals surface area (Å²) in [5.41, 5.74) is 6.05. The zero-order valence-electron chi connectivity index (χ0n) is 18.3. The summed E-state index contributed by atoms with van der Waals surface area (Å²) in [5, 5.41) is 6.83. The van der Waals surface area contributed by atoms with Crippen LogP contribution in [0.25, 0.3) is 65.9 Å². The molecule has 7 rings (SSSR count). The standard InChI is InChI=1S/C31H19N3/c1-2-9-26-20(5-1)16-18-33-29(26)25-7-3-6-24(19-25)27-15-14-23-13-11-21-10-12-22-8-4-17-32-30(22)28(21)31(23)34-27/h1-19H. The number of rotatable bonds is 2. The normalized spacial score (nSPS) is 11.5. The summed E-state index contributed by atoms with van der Waals surface area (Å²) in [7, 11) is 0. The summed E-state index contributed by atoms with van der Waals surface area (Å²) in [5.74, 6) is 0. The minimum Gasteiger partial charge on any atom is -0.256 e. The van der Waals surface area contributed by atoms with Crippen LogP contribution >= 0.6 is 0 Å². The van der Waals surface area contributed by atoms with Crippen LogP contribution in [-0.2, 0) is 0 Å². The van der Waals surface area contributed by atoms with Crippen molar-refractivity contribution in [1.82, 2.24) is 15.0 Å². The highest BCUT2D eigenvalue weighted by atomic mass is 14.7. The van der Waals surface area contributed by atoms with Gasteiger partial charge in [-0.05, 0) is 35.0 Å². The first kappa shape index (κ1) is 18.9. The van der Waals surface area contributed by atoms with Crippen LogP contribution in [-0.4, -0.2) is 15.0 Å². The van der Waals surface area contributed by atoms with E-state index in [4.69, 9.17) is 15.0 Å². The lowest BCUT2D eigenvalue weighted by atomic mass is 9.99. The van der Waals surface area contributed by atoms with E-state index in [1.54, 1.807) is 0 Å². The van der Waals surface area contributed by atoms with E-state index in [9.17, 15) is 0 Å². The molecule has 0 fully saturated rings. The van der Waals surface area contributed by atoms with Gasteiger partial charge in [0.25, 0.3) is 0 Å². The molecule has 34 heavy (non-hydrogen) atoms. The Bertz CT molecular complexity index is 1860. The molecule has 0 aliphatic rings. The maximum Gasteiger partial charge on any atom is 0.0809 e. The van der Waals surface area contributed by atoms with Crippen LogP contribution in [0.3, 0.4) is 0 Å². The maximum absolute atomic E-state index is 5.16. The van der Waals surface area contributed by atoms with Crippen molar-refractivity contribution in [2.75, 3.05) is 0 Å². The molecule has 0 N–H and O–H groups in total. The van der Waals surface area contributed by atoms with Gasteiger partial charge in [0, 0.05) is 45.1 Å². The van der Waals surface area contributed by atoms with Crippen LogP contribution in [0.2, 0.25) is 0 Å². The zero-order chi connectivity index (χ0) is 22.5. The van der Waals surface area contributed by atoms with Gasteiger partial charge in [0.1, 0.15) is 0 Å². The van der Waals surface area contributed by atoms with E-state index in [2.05, 4.69) is 97.1 Å². The van der Waals surface area contributed by atoms with Crippen molar-refractivity contribution in [3.63, 3.8) is 0 Å². The fraction of sp³-hybridized carbons (Fsp3) is 0.